The zero-order valence-electron chi connectivity index (χ0n) is 15.8. The summed E-state index contributed by atoms with van der Waals surface area (Å²) < 4.78 is 1.68. The van der Waals surface area contributed by atoms with E-state index in [0.29, 0.717) is 12.1 Å². The third-order valence-electron chi connectivity index (χ3n) is 5.07. The number of halogens is 1. The third-order valence-corrected chi connectivity index (χ3v) is 5.07. The van der Waals surface area contributed by atoms with E-state index in [2.05, 4.69) is 46.6 Å². The maximum absolute atomic E-state index is 13.2. The summed E-state index contributed by atoms with van der Waals surface area (Å²) in [5, 5.41) is 7.53. The van der Waals surface area contributed by atoms with Crippen LogP contribution in [-0.2, 0) is 6.42 Å². The fraction of sp³-hybridized carbons (Fsp3) is 0.286. The number of amides is 1. The lowest BCUT2D eigenvalue weighted by atomic mass is 10.00. The number of piperazine rings is 1. The van der Waals surface area contributed by atoms with E-state index < -0.39 is 0 Å². The second-order valence-corrected chi connectivity index (χ2v) is 6.70. The summed E-state index contributed by atoms with van der Waals surface area (Å²) in [4.78, 5) is 19.1. The average molecular weight is 398 g/mol. The van der Waals surface area contributed by atoms with Crippen molar-refractivity contribution in [2.75, 3.05) is 19.6 Å². The number of carbonyl (C=O) groups is 1. The van der Waals surface area contributed by atoms with Gasteiger partial charge >= 0.3 is 0 Å². The molecule has 0 aliphatic carbocycles. The molecule has 0 spiro atoms. The molecule has 28 heavy (non-hydrogen) atoms. The molecule has 3 aromatic rings. The van der Waals surface area contributed by atoms with Crippen LogP contribution >= 0.6 is 12.4 Å². The predicted octanol–water partition coefficient (Wildman–Crippen LogP) is 3.04. The molecule has 1 aromatic heterocycles. The Labute approximate surface area is 171 Å². The number of carbonyl (C=O) groups excluding carboxylic acids is 1. The van der Waals surface area contributed by atoms with Gasteiger partial charge in [0.1, 0.15) is 12.7 Å². The van der Waals surface area contributed by atoms with E-state index in [1.54, 1.807) is 11.0 Å². The first-order valence-electron chi connectivity index (χ1n) is 9.32. The molecule has 2 aromatic carbocycles. The van der Waals surface area contributed by atoms with E-state index in [1.807, 2.05) is 29.2 Å². The van der Waals surface area contributed by atoms with Gasteiger partial charge in [-0.1, -0.05) is 31.2 Å². The van der Waals surface area contributed by atoms with Crippen LogP contribution in [0.5, 0.6) is 0 Å². The highest BCUT2D eigenvalue weighted by molar-refractivity contribution is 5.94. The van der Waals surface area contributed by atoms with Crippen molar-refractivity contribution in [3.8, 4) is 5.69 Å². The molecule has 1 atom stereocenters. The second-order valence-electron chi connectivity index (χ2n) is 6.70. The van der Waals surface area contributed by atoms with Gasteiger partial charge in [-0.3, -0.25) is 4.79 Å². The van der Waals surface area contributed by atoms with Crippen molar-refractivity contribution in [2.24, 2.45) is 0 Å². The topological polar surface area (TPSA) is 63.1 Å². The molecule has 0 radical (unpaired) electrons. The van der Waals surface area contributed by atoms with Crippen LogP contribution in [0.2, 0.25) is 0 Å². The first kappa shape index (κ1) is 20.0. The van der Waals surface area contributed by atoms with Crippen molar-refractivity contribution >= 4 is 18.3 Å². The van der Waals surface area contributed by atoms with Crippen LogP contribution in [0.4, 0.5) is 0 Å². The molecule has 7 heteroatoms. The van der Waals surface area contributed by atoms with Crippen molar-refractivity contribution in [2.45, 2.75) is 19.4 Å². The predicted molar refractivity (Wildman–Crippen MR) is 111 cm³/mol. The van der Waals surface area contributed by atoms with Crippen molar-refractivity contribution in [1.29, 1.82) is 0 Å². The van der Waals surface area contributed by atoms with Gasteiger partial charge in [0.15, 0.2) is 0 Å². The molecule has 1 amide bonds. The van der Waals surface area contributed by atoms with Gasteiger partial charge in [0.2, 0.25) is 0 Å². The Hall–Kier alpha value is -2.70. The number of benzene rings is 2. The van der Waals surface area contributed by atoms with Crippen LogP contribution in [0.15, 0.2) is 61.2 Å². The Kier molecular flexibility index (Phi) is 6.44. The van der Waals surface area contributed by atoms with Gasteiger partial charge in [-0.15, -0.1) is 12.4 Å². The molecule has 1 aliphatic rings. The van der Waals surface area contributed by atoms with Gasteiger partial charge in [-0.2, -0.15) is 5.10 Å². The summed E-state index contributed by atoms with van der Waals surface area (Å²) in [6, 6.07) is 16.2. The molecule has 0 bridgehead atoms. The molecular formula is C21H24ClN5O. The lowest BCUT2D eigenvalue weighted by Crippen LogP contribution is -2.48. The molecule has 2 heterocycles. The molecule has 1 fully saturated rings. The average Bonchev–Trinajstić information content (AvgIpc) is 3.28. The fourth-order valence-electron chi connectivity index (χ4n) is 3.48. The minimum Gasteiger partial charge on any atom is -0.329 e. The maximum atomic E-state index is 13.2. The number of aromatic nitrogens is 3. The molecular weight excluding hydrogens is 374 g/mol. The molecule has 1 saturated heterocycles. The molecule has 0 saturated carbocycles. The first-order valence-corrected chi connectivity index (χ1v) is 9.32. The Morgan fingerprint density at radius 3 is 2.54 bits per heavy atom. The molecule has 4 rings (SSSR count). The summed E-state index contributed by atoms with van der Waals surface area (Å²) >= 11 is 0. The monoisotopic (exact) mass is 397 g/mol. The highest BCUT2D eigenvalue weighted by Crippen LogP contribution is 2.25. The van der Waals surface area contributed by atoms with Crippen LogP contribution < -0.4 is 5.32 Å². The van der Waals surface area contributed by atoms with Gasteiger partial charge in [-0.25, -0.2) is 9.67 Å². The van der Waals surface area contributed by atoms with Crippen LogP contribution in [0.3, 0.4) is 0 Å². The summed E-state index contributed by atoms with van der Waals surface area (Å²) in [7, 11) is 0. The van der Waals surface area contributed by atoms with E-state index in [9.17, 15) is 4.79 Å². The minimum absolute atomic E-state index is 0. The van der Waals surface area contributed by atoms with Crippen LogP contribution in [0, 0.1) is 0 Å². The summed E-state index contributed by atoms with van der Waals surface area (Å²) in [6.45, 7) is 4.43. The smallest absolute Gasteiger partial charge is 0.254 e. The van der Waals surface area contributed by atoms with E-state index in [1.165, 1.54) is 17.5 Å². The van der Waals surface area contributed by atoms with Crippen molar-refractivity contribution in [3.63, 3.8) is 0 Å². The maximum Gasteiger partial charge on any atom is 0.254 e. The minimum atomic E-state index is 0. The fourth-order valence-corrected chi connectivity index (χ4v) is 3.48. The number of hydrogen-bond donors (Lipinski definition) is 1. The van der Waals surface area contributed by atoms with Crippen LogP contribution in [-0.4, -0.2) is 45.2 Å². The number of hydrogen-bond acceptors (Lipinski definition) is 4. The SMILES string of the molecule is CCc1ccc(C2CNCCN2C(=O)c2ccc(-n3cncn3)cc2)cc1.Cl. The molecule has 1 N–H and O–H groups in total. The standard InChI is InChI=1S/C21H23N5O.ClH/c1-2-16-3-5-17(6-4-16)20-13-22-11-12-25(20)21(27)18-7-9-19(10-8-18)26-15-23-14-24-26;/h3-10,14-15,20,22H,2,11-13H2,1H3;1H. The van der Waals surface area contributed by atoms with E-state index >= 15 is 0 Å². The zero-order chi connectivity index (χ0) is 18.6. The Morgan fingerprint density at radius 1 is 1.14 bits per heavy atom. The highest BCUT2D eigenvalue weighted by Gasteiger charge is 2.28. The van der Waals surface area contributed by atoms with Crippen molar-refractivity contribution in [1.82, 2.24) is 25.0 Å². The third kappa shape index (κ3) is 4.08. The Balaban J connectivity index is 0.00000225. The Bertz CT molecular complexity index is 894. The van der Waals surface area contributed by atoms with Crippen molar-refractivity contribution in [3.05, 3.63) is 77.9 Å². The van der Waals surface area contributed by atoms with E-state index in [0.717, 1.165) is 25.2 Å². The molecule has 146 valence electrons. The van der Waals surface area contributed by atoms with E-state index in [-0.39, 0.29) is 24.4 Å². The largest absolute Gasteiger partial charge is 0.329 e. The second kappa shape index (κ2) is 8.99. The normalized spacial score (nSPS) is 16.5. The highest BCUT2D eigenvalue weighted by atomic mass is 35.5. The summed E-state index contributed by atoms with van der Waals surface area (Å²) in [5.41, 5.74) is 4.06. The number of rotatable bonds is 4. The first-order chi connectivity index (χ1) is 13.3. The number of aryl methyl sites for hydroxylation is 1. The zero-order valence-corrected chi connectivity index (χ0v) is 16.6. The summed E-state index contributed by atoms with van der Waals surface area (Å²) in [6.07, 6.45) is 4.15. The van der Waals surface area contributed by atoms with Gasteiger partial charge < -0.3 is 10.2 Å². The molecule has 1 unspecified atom stereocenters. The van der Waals surface area contributed by atoms with Crippen LogP contribution in [0.1, 0.15) is 34.5 Å². The van der Waals surface area contributed by atoms with Crippen LogP contribution in [0.25, 0.3) is 5.69 Å². The number of nitrogens with one attached hydrogen (secondary N) is 1. The molecule has 1 aliphatic heterocycles. The Morgan fingerprint density at radius 2 is 1.89 bits per heavy atom. The van der Waals surface area contributed by atoms with Crippen molar-refractivity contribution < 1.29 is 4.79 Å². The quantitative estimate of drug-likeness (QED) is 0.735. The lowest BCUT2D eigenvalue weighted by Gasteiger charge is -2.36. The lowest BCUT2D eigenvalue weighted by molar-refractivity contribution is 0.0634. The van der Waals surface area contributed by atoms with Gasteiger partial charge in [-0.05, 0) is 41.8 Å². The van der Waals surface area contributed by atoms with Gasteiger partial charge in [0.05, 0.1) is 11.7 Å². The van der Waals surface area contributed by atoms with Gasteiger partial charge in [0, 0.05) is 25.2 Å². The van der Waals surface area contributed by atoms with Gasteiger partial charge in [0.25, 0.3) is 5.91 Å². The molecule has 6 nitrogen and oxygen atoms in total. The number of nitrogens with zero attached hydrogens (tertiary/aromatic N) is 4. The summed E-state index contributed by atoms with van der Waals surface area (Å²) in [5.74, 6) is 0.0613. The van der Waals surface area contributed by atoms with E-state index in [4.69, 9.17) is 0 Å².